The predicted molar refractivity (Wildman–Crippen MR) is 75.3 cm³/mol. The van der Waals surface area contributed by atoms with Crippen LogP contribution in [0.4, 0.5) is 11.5 Å². The van der Waals surface area contributed by atoms with Crippen LogP contribution in [-0.2, 0) is 0 Å². The van der Waals surface area contributed by atoms with E-state index >= 15 is 0 Å². The van der Waals surface area contributed by atoms with Crippen LogP contribution in [0.3, 0.4) is 0 Å². The Bertz CT molecular complexity index is 661. The lowest BCUT2D eigenvalue weighted by molar-refractivity contribution is 0.772. The molecule has 3 rings (SSSR count). The fourth-order valence-corrected chi connectivity index (χ4v) is 1.86. The van der Waals surface area contributed by atoms with E-state index in [0.717, 1.165) is 16.9 Å². The first kappa shape index (κ1) is 11.3. The van der Waals surface area contributed by atoms with Crippen LogP contribution in [0.5, 0.6) is 0 Å². The van der Waals surface area contributed by atoms with Crippen LogP contribution in [0.15, 0.2) is 60.7 Å². The first-order valence-electron chi connectivity index (χ1n) is 5.93. The Morgan fingerprint density at radius 3 is 2.21 bits per heavy atom. The van der Waals surface area contributed by atoms with Crippen molar-refractivity contribution in [3.8, 4) is 11.3 Å². The van der Waals surface area contributed by atoms with Gasteiger partial charge in [-0.3, -0.25) is 0 Å². The van der Waals surface area contributed by atoms with Gasteiger partial charge in [-0.1, -0.05) is 48.5 Å². The number of anilines is 2. The molecule has 3 N–H and O–H groups in total. The van der Waals surface area contributed by atoms with Crippen molar-refractivity contribution in [1.82, 2.24) is 15.1 Å². The van der Waals surface area contributed by atoms with Crippen LogP contribution in [-0.4, -0.2) is 15.1 Å². The molecule has 0 saturated carbocycles. The number of nitrogens with one attached hydrogen (secondary N) is 1. The molecule has 0 spiro atoms. The Morgan fingerprint density at radius 2 is 1.53 bits per heavy atom. The van der Waals surface area contributed by atoms with Crippen molar-refractivity contribution >= 4 is 11.5 Å². The lowest BCUT2D eigenvalue weighted by Gasteiger charge is -2.07. The summed E-state index contributed by atoms with van der Waals surface area (Å²) in [7, 11) is 0. The summed E-state index contributed by atoms with van der Waals surface area (Å²) >= 11 is 0. The highest BCUT2D eigenvalue weighted by atomic mass is 15.6. The number of nitrogens with two attached hydrogens (primary N) is 1. The minimum absolute atomic E-state index is 0.664. The second kappa shape index (κ2) is 4.81. The Labute approximate surface area is 110 Å². The summed E-state index contributed by atoms with van der Waals surface area (Å²) in [6, 6.07) is 19.6. The SMILES string of the molecule is Nn1nnc(-c2ccccc2)c1Nc1ccccc1. The molecule has 0 atom stereocenters. The number of rotatable bonds is 3. The number of hydrogen-bond acceptors (Lipinski definition) is 4. The molecule has 0 aliphatic carbocycles. The molecule has 1 aromatic heterocycles. The number of benzene rings is 2. The summed E-state index contributed by atoms with van der Waals surface area (Å²) in [5.74, 6) is 6.47. The zero-order valence-corrected chi connectivity index (χ0v) is 10.2. The third-order valence-corrected chi connectivity index (χ3v) is 2.78. The van der Waals surface area contributed by atoms with Crippen molar-refractivity contribution in [2.45, 2.75) is 0 Å². The van der Waals surface area contributed by atoms with Crippen LogP contribution in [0.1, 0.15) is 0 Å². The zero-order valence-electron chi connectivity index (χ0n) is 10.2. The van der Waals surface area contributed by atoms with E-state index in [1.54, 1.807) is 0 Å². The Kier molecular flexibility index (Phi) is 2.86. The predicted octanol–water partition coefficient (Wildman–Crippen LogP) is 2.40. The first-order valence-corrected chi connectivity index (χ1v) is 5.93. The van der Waals surface area contributed by atoms with Gasteiger partial charge in [-0.25, -0.2) is 0 Å². The van der Waals surface area contributed by atoms with Gasteiger partial charge >= 0.3 is 0 Å². The van der Waals surface area contributed by atoms with Gasteiger partial charge < -0.3 is 11.2 Å². The Balaban J connectivity index is 2.00. The molecule has 0 aliphatic heterocycles. The molecule has 94 valence electrons. The topological polar surface area (TPSA) is 68.8 Å². The van der Waals surface area contributed by atoms with E-state index in [2.05, 4.69) is 15.6 Å². The average molecular weight is 251 g/mol. The summed E-state index contributed by atoms with van der Waals surface area (Å²) in [4.78, 5) is 1.25. The summed E-state index contributed by atoms with van der Waals surface area (Å²) in [6.45, 7) is 0. The van der Waals surface area contributed by atoms with Crippen molar-refractivity contribution in [2.24, 2.45) is 0 Å². The van der Waals surface area contributed by atoms with Crippen LogP contribution in [0, 0.1) is 0 Å². The zero-order chi connectivity index (χ0) is 13.1. The van der Waals surface area contributed by atoms with E-state index in [1.165, 1.54) is 4.79 Å². The highest BCUT2D eigenvalue weighted by Gasteiger charge is 2.13. The lowest BCUT2D eigenvalue weighted by Crippen LogP contribution is -2.13. The van der Waals surface area contributed by atoms with Crippen LogP contribution < -0.4 is 11.2 Å². The second-order valence-electron chi connectivity index (χ2n) is 4.09. The monoisotopic (exact) mass is 251 g/mol. The molecule has 0 amide bonds. The van der Waals surface area contributed by atoms with Crippen molar-refractivity contribution in [3.05, 3.63) is 60.7 Å². The van der Waals surface area contributed by atoms with Gasteiger partial charge in [0.25, 0.3) is 0 Å². The lowest BCUT2D eigenvalue weighted by atomic mass is 10.1. The van der Waals surface area contributed by atoms with Gasteiger partial charge in [0.15, 0.2) is 5.82 Å². The third kappa shape index (κ3) is 2.26. The molecule has 0 aliphatic rings. The molecule has 1 heterocycles. The number of para-hydroxylation sites is 1. The van der Waals surface area contributed by atoms with Gasteiger partial charge in [-0.15, -0.1) is 9.89 Å². The van der Waals surface area contributed by atoms with Crippen molar-refractivity contribution in [1.29, 1.82) is 0 Å². The van der Waals surface area contributed by atoms with E-state index in [9.17, 15) is 0 Å². The van der Waals surface area contributed by atoms with Crippen molar-refractivity contribution < 1.29 is 0 Å². The van der Waals surface area contributed by atoms with E-state index in [0.29, 0.717) is 5.82 Å². The molecule has 3 aromatic rings. The highest BCUT2D eigenvalue weighted by molar-refractivity contribution is 5.75. The van der Waals surface area contributed by atoms with Crippen molar-refractivity contribution in [3.63, 3.8) is 0 Å². The van der Waals surface area contributed by atoms with Gasteiger partial charge in [0.05, 0.1) is 0 Å². The molecule has 5 heteroatoms. The fourth-order valence-electron chi connectivity index (χ4n) is 1.86. The normalized spacial score (nSPS) is 10.3. The molecule has 0 bridgehead atoms. The maximum atomic E-state index is 5.81. The summed E-state index contributed by atoms with van der Waals surface area (Å²) in [5.41, 5.74) is 2.64. The van der Waals surface area contributed by atoms with E-state index < -0.39 is 0 Å². The van der Waals surface area contributed by atoms with E-state index in [-0.39, 0.29) is 0 Å². The second-order valence-corrected chi connectivity index (χ2v) is 4.09. The maximum absolute atomic E-state index is 5.81. The van der Waals surface area contributed by atoms with Gasteiger partial charge in [0.2, 0.25) is 0 Å². The van der Waals surface area contributed by atoms with Gasteiger partial charge in [-0.2, -0.15) is 0 Å². The molecule has 0 saturated heterocycles. The number of aromatic nitrogens is 3. The molecule has 0 fully saturated rings. The highest BCUT2D eigenvalue weighted by Crippen LogP contribution is 2.26. The summed E-state index contributed by atoms with van der Waals surface area (Å²) in [5, 5.41) is 11.2. The fraction of sp³-hybridized carbons (Fsp3) is 0. The standard InChI is InChI=1S/C14H13N5/c15-19-14(16-12-9-5-2-6-10-12)13(17-18-19)11-7-3-1-4-8-11/h1-10,16H,15H2. The quantitative estimate of drug-likeness (QED) is 0.701. The smallest absolute Gasteiger partial charge is 0.180 e. The average Bonchev–Trinajstić information content (AvgIpc) is 2.82. The summed E-state index contributed by atoms with van der Waals surface area (Å²) < 4.78 is 0. The molecule has 2 aromatic carbocycles. The maximum Gasteiger partial charge on any atom is 0.180 e. The van der Waals surface area contributed by atoms with Gasteiger partial charge in [0.1, 0.15) is 5.69 Å². The number of nitrogen functional groups attached to an aromatic ring is 1. The van der Waals surface area contributed by atoms with Crippen LogP contribution in [0.2, 0.25) is 0 Å². The van der Waals surface area contributed by atoms with Gasteiger partial charge in [-0.05, 0) is 17.3 Å². The van der Waals surface area contributed by atoms with E-state index in [1.807, 2.05) is 60.7 Å². The molecule has 5 nitrogen and oxygen atoms in total. The molecular weight excluding hydrogens is 238 g/mol. The van der Waals surface area contributed by atoms with Gasteiger partial charge in [0, 0.05) is 11.3 Å². The molecule has 0 unspecified atom stereocenters. The number of hydrogen-bond donors (Lipinski definition) is 2. The van der Waals surface area contributed by atoms with Crippen LogP contribution >= 0.6 is 0 Å². The summed E-state index contributed by atoms with van der Waals surface area (Å²) in [6.07, 6.45) is 0. The third-order valence-electron chi connectivity index (χ3n) is 2.78. The molecule has 0 radical (unpaired) electrons. The first-order chi connectivity index (χ1) is 9.34. The van der Waals surface area contributed by atoms with Crippen LogP contribution in [0.25, 0.3) is 11.3 Å². The molecular formula is C14H13N5. The minimum atomic E-state index is 0.664. The largest absolute Gasteiger partial charge is 0.337 e. The minimum Gasteiger partial charge on any atom is -0.337 e. The molecule has 19 heavy (non-hydrogen) atoms. The number of nitrogens with zero attached hydrogens (tertiary/aromatic N) is 3. The Hall–Kier alpha value is -2.82. The Morgan fingerprint density at radius 1 is 0.895 bits per heavy atom. The van der Waals surface area contributed by atoms with Crippen molar-refractivity contribution in [2.75, 3.05) is 11.2 Å². The van der Waals surface area contributed by atoms with E-state index in [4.69, 9.17) is 5.84 Å².